The number of carbonyl (C=O) groups excluding carboxylic acids is 1. The van der Waals surface area contributed by atoms with Crippen molar-refractivity contribution in [2.45, 2.75) is 38.8 Å². The van der Waals surface area contributed by atoms with E-state index in [1.807, 2.05) is 6.92 Å². The van der Waals surface area contributed by atoms with Gasteiger partial charge in [-0.15, -0.1) is 12.4 Å². The molecule has 2 atom stereocenters. The van der Waals surface area contributed by atoms with Gasteiger partial charge in [0.1, 0.15) is 5.54 Å². The first-order valence-corrected chi connectivity index (χ1v) is 7.96. The minimum Gasteiger partial charge on any atom is -0.338 e. The summed E-state index contributed by atoms with van der Waals surface area (Å²) in [6.45, 7) is 6.28. The fourth-order valence-corrected chi connectivity index (χ4v) is 3.48. The van der Waals surface area contributed by atoms with Crippen LogP contribution >= 0.6 is 12.4 Å². The van der Waals surface area contributed by atoms with E-state index in [9.17, 15) is 13.2 Å². The number of likely N-dealkylation sites (tertiary alicyclic amines) is 1. The van der Waals surface area contributed by atoms with Gasteiger partial charge in [-0.05, 0) is 39.7 Å². The van der Waals surface area contributed by atoms with Crippen LogP contribution in [0.3, 0.4) is 0 Å². The Morgan fingerprint density at radius 2 is 2.00 bits per heavy atom. The summed E-state index contributed by atoms with van der Waals surface area (Å²) < 4.78 is 24.9. The van der Waals surface area contributed by atoms with Gasteiger partial charge in [0, 0.05) is 12.6 Å². The lowest BCUT2D eigenvalue weighted by Crippen LogP contribution is -2.56. The Morgan fingerprint density at radius 1 is 1.47 bits per heavy atom. The van der Waals surface area contributed by atoms with Crippen LogP contribution in [-0.4, -0.2) is 50.2 Å². The van der Waals surface area contributed by atoms with Crippen molar-refractivity contribution in [3.63, 3.8) is 0 Å². The van der Waals surface area contributed by atoms with Crippen LogP contribution < -0.4 is 10.5 Å². The maximum Gasteiger partial charge on any atom is 0.243 e. The summed E-state index contributed by atoms with van der Waals surface area (Å²) in [4.78, 5) is 14.1. The van der Waals surface area contributed by atoms with E-state index >= 15 is 0 Å². The van der Waals surface area contributed by atoms with Crippen molar-refractivity contribution in [3.8, 4) is 0 Å². The molecule has 0 radical (unpaired) electrons. The SMILES string of the molecule is CC1CC(CN)CN1C(=O)C(C)(C)NS(C)(=O)=O.Cl. The zero-order valence-corrected chi connectivity index (χ0v) is 13.5. The maximum atomic E-state index is 12.4. The molecule has 0 bridgehead atoms. The van der Waals surface area contributed by atoms with Crippen LogP contribution in [0.1, 0.15) is 27.2 Å². The minimum absolute atomic E-state index is 0. The van der Waals surface area contributed by atoms with E-state index in [1.165, 1.54) is 0 Å². The molecule has 1 rings (SSSR count). The molecule has 1 heterocycles. The number of hydrogen-bond acceptors (Lipinski definition) is 4. The van der Waals surface area contributed by atoms with Crippen LogP contribution in [0.2, 0.25) is 0 Å². The van der Waals surface area contributed by atoms with Gasteiger partial charge in [-0.25, -0.2) is 13.1 Å². The highest BCUT2D eigenvalue weighted by Gasteiger charge is 2.40. The lowest BCUT2D eigenvalue weighted by Gasteiger charge is -2.32. The van der Waals surface area contributed by atoms with E-state index in [4.69, 9.17) is 5.73 Å². The summed E-state index contributed by atoms with van der Waals surface area (Å²) in [5, 5.41) is 0. The van der Waals surface area contributed by atoms with Crippen molar-refractivity contribution in [2.24, 2.45) is 11.7 Å². The summed E-state index contributed by atoms with van der Waals surface area (Å²) >= 11 is 0. The van der Waals surface area contributed by atoms with Gasteiger partial charge >= 0.3 is 0 Å². The highest BCUT2D eigenvalue weighted by Crippen LogP contribution is 2.25. The molecule has 1 saturated heterocycles. The van der Waals surface area contributed by atoms with E-state index in [-0.39, 0.29) is 24.4 Å². The Hall–Kier alpha value is -0.370. The molecular formula is C11H24ClN3O3S. The van der Waals surface area contributed by atoms with E-state index in [0.29, 0.717) is 19.0 Å². The normalized spacial score (nSPS) is 24.2. The van der Waals surface area contributed by atoms with E-state index in [0.717, 1.165) is 12.7 Å². The third-order valence-electron chi connectivity index (χ3n) is 3.23. The van der Waals surface area contributed by atoms with Crippen molar-refractivity contribution in [3.05, 3.63) is 0 Å². The Morgan fingerprint density at radius 3 is 2.37 bits per heavy atom. The molecule has 114 valence electrons. The first kappa shape index (κ1) is 18.6. The summed E-state index contributed by atoms with van der Waals surface area (Å²) in [6.07, 6.45) is 1.93. The minimum atomic E-state index is -3.42. The summed E-state index contributed by atoms with van der Waals surface area (Å²) in [6, 6.07) is 0.103. The fourth-order valence-electron chi connectivity index (χ4n) is 2.46. The number of nitrogens with zero attached hydrogens (tertiary/aromatic N) is 1. The van der Waals surface area contributed by atoms with Crippen LogP contribution in [0.15, 0.2) is 0 Å². The lowest BCUT2D eigenvalue weighted by atomic mass is 10.1. The molecular weight excluding hydrogens is 290 g/mol. The lowest BCUT2D eigenvalue weighted by molar-refractivity contribution is -0.137. The quantitative estimate of drug-likeness (QED) is 0.760. The number of nitrogens with two attached hydrogens (primary N) is 1. The van der Waals surface area contributed by atoms with Crippen molar-refractivity contribution in [2.75, 3.05) is 19.3 Å². The summed E-state index contributed by atoms with van der Waals surface area (Å²) in [5.74, 6) is 0.106. The van der Waals surface area contributed by atoms with Gasteiger partial charge < -0.3 is 10.6 Å². The molecule has 0 aliphatic carbocycles. The molecule has 3 N–H and O–H groups in total. The number of rotatable bonds is 4. The molecule has 1 aliphatic rings. The standard InChI is InChI=1S/C11H23N3O3S.ClH/c1-8-5-9(6-12)7-14(8)10(15)11(2,3)13-18(4,16)17;/h8-9,13H,5-7,12H2,1-4H3;1H. The highest BCUT2D eigenvalue weighted by molar-refractivity contribution is 7.88. The molecule has 8 heteroatoms. The second kappa shape index (κ2) is 6.39. The molecule has 19 heavy (non-hydrogen) atoms. The number of hydrogen-bond donors (Lipinski definition) is 2. The Kier molecular flexibility index (Phi) is 6.26. The molecule has 0 aromatic carbocycles. The van der Waals surface area contributed by atoms with E-state index < -0.39 is 15.6 Å². The first-order valence-electron chi connectivity index (χ1n) is 6.07. The van der Waals surface area contributed by atoms with Gasteiger partial charge in [0.25, 0.3) is 0 Å². The monoisotopic (exact) mass is 313 g/mol. The summed E-state index contributed by atoms with van der Waals surface area (Å²) in [7, 11) is -3.42. The number of halogens is 1. The largest absolute Gasteiger partial charge is 0.338 e. The molecule has 6 nitrogen and oxygen atoms in total. The molecule has 1 aliphatic heterocycles. The zero-order valence-electron chi connectivity index (χ0n) is 11.8. The number of nitrogens with one attached hydrogen (secondary N) is 1. The molecule has 0 aromatic heterocycles. The first-order chi connectivity index (χ1) is 8.07. The third kappa shape index (κ3) is 4.91. The van der Waals surface area contributed by atoms with E-state index in [2.05, 4.69) is 4.72 Å². The Balaban J connectivity index is 0.00000324. The smallest absolute Gasteiger partial charge is 0.243 e. The van der Waals surface area contributed by atoms with Gasteiger partial charge in [0.15, 0.2) is 0 Å². The van der Waals surface area contributed by atoms with Crippen LogP contribution in [-0.2, 0) is 14.8 Å². The second-order valence-electron chi connectivity index (χ2n) is 5.64. The molecule has 0 aromatic rings. The Bertz CT molecular complexity index is 425. The van der Waals surface area contributed by atoms with Gasteiger partial charge in [-0.1, -0.05) is 0 Å². The molecule has 2 unspecified atom stereocenters. The number of sulfonamides is 1. The molecule has 0 saturated carbocycles. The van der Waals surface area contributed by atoms with Crippen LogP contribution in [0.5, 0.6) is 0 Å². The van der Waals surface area contributed by atoms with Crippen LogP contribution in [0.4, 0.5) is 0 Å². The Labute approximate surface area is 121 Å². The van der Waals surface area contributed by atoms with Crippen molar-refractivity contribution < 1.29 is 13.2 Å². The van der Waals surface area contributed by atoms with Crippen LogP contribution in [0.25, 0.3) is 0 Å². The number of carbonyl (C=O) groups is 1. The van der Waals surface area contributed by atoms with Crippen molar-refractivity contribution in [1.82, 2.24) is 9.62 Å². The van der Waals surface area contributed by atoms with Gasteiger partial charge in [0.2, 0.25) is 15.9 Å². The third-order valence-corrected chi connectivity index (χ3v) is 4.11. The predicted octanol–water partition coefficient (Wildman–Crippen LogP) is -0.0683. The highest BCUT2D eigenvalue weighted by atomic mass is 35.5. The molecule has 1 fully saturated rings. The fraction of sp³-hybridized carbons (Fsp3) is 0.909. The van der Waals surface area contributed by atoms with Crippen molar-refractivity contribution >= 4 is 28.3 Å². The van der Waals surface area contributed by atoms with Gasteiger partial charge in [-0.3, -0.25) is 4.79 Å². The van der Waals surface area contributed by atoms with E-state index in [1.54, 1.807) is 18.7 Å². The maximum absolute atomic E-state index is 12.4. The molecule has 0 spiro atoms. The van der Waals surface area contributed by atoms with Crippen LogP contribution in [0, 0.1) is 5.92 Å². The van der Waals surface area contributed by atoms with Gasteiger partial charge in [-0.2, -0.15) is 0 Å². The van der Waals surface area contributed by atoms with Crippen molar-refractivity contribution in [1.29, 1.82) is 0 Å². The number of amides is 1. The van der Waals surface area contributed by atoms with Gasteiger partial charge in [0.05, 0.1) is 6.26 Å². The second-order valence-corrected chi connectivity index (χ2v) is 7.39. The predicted molar refractivity (Wildman–Crippen MR) is 77.6 cm³/mol. The molecule has 1 amide bonds. The average molecular weight is 314 g/mol. The average Bonchev–Trinajstić information content (AvgIpc) is 2.54. The zero-order chi connectivity index (χ0) is 14.1. The topological polar surface area (TPSA) is 92.5 Å². The summed E-state index contributed by atoms with van der Waals surface area (Å²) in [5.41, 5.74) is 4.50.